The Bertz CT molecular complexity index is 963. The van der Waals surface area contributed by atoms with Crippen molar-refractivity contribution in [3.8, 4) is 5.75 Å². The largest absolute Gasteiger partial charge is 0.497 e. The van der Waals surface area contributed by atoms with Crippen LogP contribution in [-0.2, 0) is 20.7 Å². The SMILES string of the molecule is COc1ccc2c3c([nH]c2c1)[C@@H]1C[C@@H]2C(OC(C)=O)=CO[C@@H](C)[C@@H]2CN1CC3. The predicted octanol–water partition coefficient (Wildman–Crippen LogP) is 3.54. The lowest BCUT2D eigenvalue weighted by Gasteiger charge is -2.49. The molecule has 1 N–H and O–H groups in total. The molecule has 0 spiro atoms. The van der Waals surface area contributed by atoms with Crippen LogP contribution in [-0.4, -0.2) is 42.2 Å². The lowest BCUT2D eigenvalue weighted by atomic mass is 9.74. The zero-order valence-corrected chi connectivity index (χ0v) is 16.5. The standard InChI is InChI=1S/C22H26N2O4/c1-12-18-10-24-7-6-16-15-5-4-14(26-3)8-19(15)23-22(16)20(24)9-17(18)21(11-27-12)28-13(2)25/h4-5,8,11-12,17-18,20,23H,6-7,9-10H2,1-3H3/t12-,17-,18-,20-/m0/s1. The fourth-order valence-corrected chi connectivity index (χ4v) is 5.26. The van der Waals surface area contributed by atoms with Gasteiger partial charge in [0.05, 0.1) is 19.3 Å². The van der Waals surface area contributed by atoms with E-state index in [1.165, 1.54) is 23.6 Å². The van der Waals surface area contributed by atoms with Crippen LogP contribution in [0, 0.1) is 11.8 Å². The number of methoxy groups -OCH3 is 1. The van der Waals surface area contributed by atoms with Crippen molar-refractivity contribution < 1.29 is 19.0 Å². The first-order valence-electron chi connectivity index (χ1n) is 10.0. The smallest absolute Gasteiger partial charge is 0.307 e. The van der Waals surface area contributed by atoms with E-state index in [1.54, 1.807) is 13.4 Å². The third-order valence-corrected chi connectivity index (χ3v) is 6.64. The molecule has 0 aliphatic carbocycles. The van der Waals surface area contributed by atoms with Gasteiger partial charge in [-0.1, -0.05) is 0 Å². The number of carbonyl (C=O) groups excluding carboxylic acids is 1. The number of fused-ring (bicyclic) bond motifs is 6. The molecule has 0 unspecified atom stereocenters. The van der Waals surface area contributed by atoms with Crippen LogP contribution in [0.5, 0.6) is 5.75 Å². The highest BCUT2D eigenvalue weighted by atomic mass is 16.6. The number of rotatable bonds is 2. The molecule has 1 saturated heterocycles. The van der Waals surface area contributed by atoms with Crippen LogP contribution >= 0.6 is 0 Å². The molecule has 0 saturated carbocycles. The molecule has 0 bridgehead atoms. The number of nitrogens with one attached hydrogen (secondary N) is 1. The van der Waals surface area contributed by atoms with Gasteiger partial charge in [0.2, 0.25) is 0 Å². The molecule has 6 heteroatoms. The number of aromatic amines is 1. The number of carbonyl (C=O) groups is 1. The third-order valence-electron chi connectivity index (χ3n) is 6.64. The monoisotopic (exact) mass is 382 g/mol. The molecule has 3 aliphatic heterocycles. The number of hydrogen-bond acceptors (Lipinski definition) is 5. The number of benzene rings is 1. The minimum Gasteiger partial charge on any atom is -0.497 e. The molecule has 148 valence electrons. The van der Waals surface area contributed by atoms with Crippen molar-refractivity contribution in [2.24, 2.45) is 11.8 Å². The normalized spacial score (nSPS) is 29.2. The van der Waals surface area contributed by atoms with E-state index in [9.17, 15) is 4.79 Å². The van der Waals surface area contributed by atoms with Crippen molar-refractivity contribution in [1.82, 2.24) is 9.88 Å². The minimum absolute atomic E-state index is 0.124. The molecule has 3 aliphatic rings. The molecule has 0 radical (unpaired) electrons. The summed E-state index contributed by atoms with van der Waals surface area (Å²) >= 11 is 0. The molecule has 28 heavy (non-hydrogen) atoms. The quantitative estimate of drug-likeness (QED) is 0.805. The molecule has 0 amide bonds. The van der Waals surface area contributed by atoms with E-state index in [0.29, 0.717) is 17.7 Å². The van der Waals surface area contributed by atoms with Gasteiger partial charge >= 0.3 is 5.97 Å². The van der Waals surface area contributed by atoms with E-state index in [0.717, 1.165) is 37.2 Å². The zero-order valence-electron chi connectivity index (χ0n) is 16.5. The van der Waals surface area contributed by atoms with Crippen LogP contribution in [0.1, 0.15) is 37.6 Å². The highest BCUT2D eigenvalue weighted by Crippen LogP contribution is 2.47. The zero-order chi connectivity index (χ0) is 19.4. The number of allylic oxidation sites excluding steroid dienone is 1. The topological polar surface area (TPSA) is 63.8 Å². The van der Waals surface area contributed by atoms with Crippen molar-refractivity contribution in [3.63, 3.8) is 0 Å². The van der Waals surface area contributed by atoms with Gasteiger partial charge in [-0.2, -0.15) is 0 Å². The Morgan fingerprint density at radius 1 is 1.36 bits per heavy atom. The van der Waals surface area contributed by atoms with Crippen LogP contribution < -0.4 is 4.74 Å². The molecule has 1 aromatic heterocycles. The summed E-state index contributed by atoms with van der Waals surface area (Å²) in [6.07, 6.45) is 3.74. The number of hydrogen-bond donors (Lipinski definition) is 1. The van der Waals surface area contributed by atoms with Gasteiger partial charge in [-0.15, -0.1) is 0 Å². The van der Waals surface area contributed by atoms with Gasteiger partial charge in [-0.3, -0.25) is 9.69 Å². The molecule has 6 nitrogen and oxygen atoms in total. The summed E-state index contributed by atoms with van der Waals surface area (Å²) in [5, 5.41) is 1.29. The summed E-state index contributed by atoms with van der Waals surface area (Å²) in [5.41, 5.74) is 3.84. The Kier molecular flexibility index (Phi) is 4.12. The second kappa shape index (κ2) is 6.55. The molecule has 5 rings (SSSR count). The summed E-state index contributed by atoms with van der Waals surface area (Å²) in [4.78, 5) is 17.8. The lowest BCUT2D eigenvalue weighted by Crippen LogP contribution is -2.51. The maximum absolute atomic E-state index is 11.6. The fourth-order valence-electron chi connectivity index (χ4n) is 5.26. The van der Waals surface area contributed by atoms with E-state index in [-0.39, 0.29) is 18.0 Å². The van der Waals surface area contributed by atoms with Crippen molar-refractivity contribution in [2.45, 2.75) is 38.8 Å². The van der Waals surface area contributed by atoms with Crippen LogP contribution in [0.15, 0.2) is 30.2 Å². The molecule has 4 atom stereocenters. The lowest BCUT2D eigenvalue weighted by molar-refractivity contribution is -0.141. The maximum Gasteiger partial charge on any atom is 0.307 e. The van der Waals surface area contributed by atoms with E-state index in [4.69, 9.17) is 14.2 Å². The number of aromatic nitrogens is 1. The van der Waals surface area contributed by atoms with Gasteiger partial charge in [-0.05, 0) is 37.5 Å². The Morgan fingerprint density at radius 3 is 3.00 bits per heavy atom. The van der Waals surface area contributed by atoms with Gasteiger partial charge in [0, 0.05) is 54.5 Å². The van der Waals surface area contributed by atoms with Gasteiger partial charge in [-0.25, -0.2) is 0 Å². The van der Waals surface area contributed by atoms with Gasteiger partial charge in [0.1, 0.15) is 17.8 Å². The van der Waals surface area contributed by atoms with Gasteiger partial charge in [0.15, 0.2) is 0 Å². The van der Waals surface area contributed by atoms with Crippen LogP contribution in [0.3, 0.4) is 0 Å². The number of H-pyrrole nitrogens is 1. The average Bonchev–Trinajstić information content (AvgIpc) is 3.07. The Balaban J connectivity index is 1.52. The fraction of sp³-hybridized carbons (Fsp3) is 0.500. The Morgan fingerprint density at radius 2 is 2.21 bits per heavy atom. The van der Waals surface area contributed by atoms with Crippen LogP contribution in [0.2, 0.25) is 0 Å². The van der Waals surface area contributed by atoms with E-state index >= 15 is 0 Å². The summed E-state index contributed by atoms with van der Waals surface area (Å²) < 4.78 is 16.7. The highest BCUT2D eigenvalue weighted by molar-refractivity contribution is 5.86. The molecular weight excluding hydrogens is 356 g/mol. The predicted molar refractivity (Wildman–Crippen MR) is 105 cm³/mol. The third kappa shape index (κ3) is 2.70. The first-order chi connectivity index (χ1) is 13.5. The second-order valence-electron chi connectivity index (χ2n) is 8.15. The molecule has 1 aromatic carbocycles. The number of ether oxygens (including phenoxy) is 3. The summed E-state index contributed by atoms with van der Waals surface area (Å²) in [6, 6.07) is 6.56. The Labute approximate surface area is 164 Å². The maximum atomic E-state index is 11.6. The van der Waals surface area contributed by atoms with Crippen molar-refractivity contribution >= 4 is 16.9 Å². The minimum atomic E-state index is -0.285. The van der Waals surface area contributed by atoms with Gasteiger partial charge in [0.25, 0.3) is 0 Å². The van der Waals surface area contributed by atoms with E-state index in [2.05, 4.69) is 28.9 Å². The molecule has 2 aromatic rings. The molecule has 4 heterocycles. The first kappa shape index (κ1) is 17.6. The van der Waals surface area contributed by atoms with E-state index < -0.39 is 0 Å². The van der Waals surface area contributed by atoms with Crippen molar-refractivity contribution in [3.05, 3.63) is 41.5 Å². The average molecular weight is 382 g/mol. The van der Waals surface area contributed by atoms with E-state index in [1.807, 2.05) is 6.07 Å². The summed E-state index contributed by atoms with van der Waals surface area (Å²) in [6.45, 7) is 5.56. The summed E-state index contributed by atoms with van der Waals surface area (Å²) in [7, 11) is 1.70. The van der Waals surface area contributed by atoms with Crippen molar-refractivity contribution in [1.29, 1.82) is 0 Å². The van der Waals surface area contributed by atoms with Gasteiger partial charge < -0.3 is 19.2 Å². The van der Waals surface area contributed by atoms with Crippen LogP contribution in [0.25, 0.3) is 10.9 Å². The second-order valence-corrected chi connectivity index (χ2v) is 8.15. The number of nitrogens with zero attached hydrogens (tertiary/aromatic N) is 1. The highest BCUT2D eigenvalue weighted by Gasteiger charge is 2.46. The number of esters is 1. The Hall–Kier alpha value is -2.47. The first-order valence-corrected chi connectivity index (χ1v) is 10.0. The molecular formula is C22H26N2O4. The van der Waals surface area contributed by atoms with Crippen LogP contribution in [0.4, 0.5) is 0 Å². The number of piperidine rings is 1. The molecule has 1 fully saturated rings. The van der Waals surface area contributed by atoms with Crippen molar-refractivity contribution in [2.75, 3.05) is 20.2 Å². The summed E-state index contributed by atoms with van der Waals surface area (Å²) in [5.74, 6) is 1.79.